The monoisotopic (exact) mass is 1110 g/mol. The van der Waals surface area contributed by atoms with Gasteiger partial charge in [-0.05, 0) is 83.5 Å². The molecule has 0 aliphatic carbocycles. The number of rotatable bonds is 56. The quantitative estimate of drug-likeness (QED) is 0.0228. The van der Waals surface area contributed by atoms with E-state index in [1.54, 1.807) is 0 Å². The van der Waals surface area contributed by atoms with Gasteiger partial charge in [-0.25, -0.2) is 4.79 Å². The maximum Gasteiger partial charge on any atom is 0.335 e. The molecule has 0 aromatic rings. The summed E-state index contributed by atoms with van der Waals surface area (Å²) in [5.74, 6) is -3.11. The van der Waals surface area contributed by atoms with E-state index in [4.69, 9.17) is 23.7 Å². The van der Waals surface area contributed by atoms with Crippen molar-refractivity contribution in [2.45, 2.75) is 340 Å². The minimum Gasteiger partial charge on any atom is -0.479 e. The maximum atomic E-state index is 13.1. The first kappa shape index (κ1) is 73.7. The lowest BCUT2D eigenvalue weighted by Crippen LogP contribution is -2.61. The molecule has 0 bridgehead atoms. The highest BCUT2D eigenvalue weighted by Crippen LogP contribution is 2.27. The topological polar surface area (TPSA) is 175 Å². The van der Waals surface area contributed by atoms with Gasteiger partial charge in [0, 0.05) is 19.3 Å². The normalized spacial score (nSPS) is 18.1. The lowest BCUT2D eigenvalue weighted by molar-refractivity contribution is -0.301. The van der Waals surface area contributed by atoms with Crippen LogP contribution in [-0.2, 0) is 42.9 Å². The number of allylic oxidation sites excluding steroid dienone is 8. The average Bonchev–Trinajstić information content (AvgIpc) is 3.48. The molecule has 12 heteroatoms. The minimum atomic E-state index is -1.90. The molecule has 0 spiro atoms. The van der Waals surface area contributed by atoms with Gasteiger partial charge in [0.05, 0.1) is 6.61 Å². The van der Waals surface area contributed by atoms with Crippen molar-refractivity contribution in [1.82, 2.24) is 0 Å². The standard InChI is InChI=1S/C67H118O12/c1-4-7-10-13-16-19-22-24-26-28-30-32-34-36-39-41-44-47-50-53-59(68)75-56-58(77-60(69)54-51-48-45-42-38-21-18-15-12-9-6-3)57-76-67-65(63(72)62(71)64(79-67)66(73)74)78-61(70)55-52-49-46-43-40-37-35-33-31-29-27-25-23-20-17-14-11-8-5-2/h16,19,24-27,30,32,58,62-65,67,71-72H,4-15,17-18,20-23,28-29,31,33-57H2,1-3H3,(H,73,74)/b19-16-,26-24-,27-25-,32-30-. The van der Waals surface area contributed by atoms with Crippen LogP contribution < -0.4 is 0 Å². The van der Waals surface area contributed by atoms with E-state index in [-0.39, 0.29) is 25.9 Å². The first-order valence-electron chi connectivity index (χ1n) is 32.6. The summed E-state index contributed by atoms with van der Waals surface area (Å²) in [4.78, 5) is 51.2. The van der Waals surface area contributed by atoms with Crippen molar-refractivity contribution in [3.05, 3.63) is 48.6 Å². The first-order chi connectivity index (χ1) is 38.6. The molecule has 0 aromatic heterocycles. The molecule has 1 aliphatic rings. The first-order valence-corrected chi connectivity index (χ1v) is 32.6. The Morgan fingerprint density at radius 1 is 0.418 bits per heavy atom. The summed E-state index contributed by atoms with van der Waals surface area (Å²) < 4.78 is 28.5. The number of aliphatic hydroxyl groups is 2. The molecular formula is C67H118O12. The molecule has 79 heavy (non-hydrogen) atoms. The number of hydrogen-bond donors (Lipinski definition) is 3. The van der Waals surface area contributed by atoms with Gasteiger partial charge in [-0.1, -0.05) is 249 Å². The smallest absolute Gasteiger partial charge is 0.335 e. The minimum absolute atomic E-state index is 0.0594. The number of aliphatic hydroxyl groups excluding tert-OH is 2. The maximum absolute atomic E-state index is 13.1. The number of carbonyl (C=O) groups excluding carboxylic acids is 3. The molecule has 1 heterocycles. The number of esters is 3. The Morgan fingerprint density at radius 3 is 1.19 bits per heavy atom. The highest BCUT2D eigenvalue weighted by Gasteiger charge is 2.50. The van der Waals surface area contributed by atoms with Crippen LogP contribution >= 0.6 is 0 Å². The summed E-state index contributed by atoms with van der Waals surface area (Å²) in [6.07, 6.45) is 55.0. The number of carboxylic acid groups (broad SMARTS) is 1. The third kappa shape index (κ3) is 45.0. The van der Waals surface area contributed by atoms with Crippen molar-refractivity contribution in [3.63, 3.8) is 0 Å². The second-order valence-electron chi connectivity index (χ2n) is 22.4. The van der Waals surface area contributed by atoms with Crippen LogP contribution in [0.1, 0.15) is 303 Å². The molecule has 6 atom stereocenters. The molecule has 1 fully saturated rings. The summed E-state index contributed by atoms with van der Waals surface area (Å²) in [6, 6.07) is 0. The number of carboxylic acids is 1. The van der Waals surface area contributed by atoms with Gasteiger partial charge in [-0.3, -0.25) is 14.4 Å². The molecule has 3 N–H and O–H groups in total. The van der Waals surface area contributed by atoms with Gasteiger partial charge in [-0.2, -0.15) is 0 Å². The molecular weight excluding hydrogens is 997 g/mol. The van der Waals surface area contributed by atoms with Gasteiger partial charge in [0.15, 0.2) is 24.6 Å². The van der Waals surface area contributed by atoms with Gasteiger partial charge < -0.3 is 39.0 Å². The number of unbranched alkanes of at least 4 members (excludes halogenated alkanes) is 34. The lowest BCUT2D eigenvalue weighted by Gasteiger charge is -2.40. The summed E-state index contributed by atoms with van der Waals surface area (Å²) in [7, 11) is 0. The molecule has 12 nitrogen and oxygen atoms in total. The van der Waals surface area contributed by atoms with E-state index in [1.165, 1.54) is 141 Å². The Labute approximate surface area is 482 Å². The molecule has 1 rings (SSSR count). The Morgan fingerprint density at radius 2 is 0.759 bits per heavy atom. The van der Waals surface area contributed by atoms with Crippen molar-refractivity contribution in [2.24, 2.45) is 0 Å². The summed E-state index contributed by atoms with van der Waals surface area (Å²) >= 11 is 0. The molecule has 6 unspecified atom stereocenters. The van der Waals surface area contributed by atoms with Crippen molar-refractivity contribution in [1.29, 1.82) is 0 Å². The van der Waals surface area contributed by atoms with Crippen LogP contribution in [0, 0.1) is 0 Å². The van der Waals surface area contributed by atoms with Crippen LogP contribution in [0.4, 0.5) is 0 Å². The van der Waals surface area contributed by atoms with Crippen LogP contribution in [-0.4, -0.2) is 89.2 Å². The fraction of sp³-hybridized carbons (Fsp3) is 0.821. The number of ether oxygens (including phenoxy) is 5. The van der Waals surface area contributed by atoms with Gasteiger partial charge >= 0.3 is 23.9 Å². The Hall–Kier alpha value is -3.32. The van der Waals surface area contributed by atoms with Gasteiger partial charge in [-0.15, -0.1) is 0 Å². The average molecular weight is 1120 g/mol. The van der Waals surface area contributed by atoms with Crippen molar-refractivity contribution in [3.8, 4) is 0 Å². The Kier molecular flexibility index (Phi) is 51.5. The predicted molar refractivity (Wildman–Crippen MR) is 322 cm³/mol. The van der Waals surface area contributed by atoms with Gasteiger partial charge in [0.2, 0.25) is 0 Å². The SMILES string of the molecule is CCCCC/C=C\C/C=C\C/C=C\CCCCCCCCC(=O)OCC(COC1OC(C(=O)O)C(O)C(O)C1OC(=O)CCCCCCCCCCC/C=C\CCCCCCCC)OC(=O)CCCCCCCCCCCCC. The molecule has 0 radical (unpaired) electrons. The van der Waals surface area contributed by atoms with Crippen molar-refractivity contribution < 1.29 is 58.2 Å². The summed E-state index contributed by atoms with van der Waals surface area (Å²) in [5, 5.41) is 31.6. The van der Waals surface area contributed by atoms with E-state index in [9.17, 15) is 34.5 Å². The Bertz CT molecular complexity index is 1560. The van der Waals surface area contributed by atoms with Crippen molar-refractivity contribution in [2.75, 3.05) is 13.2 Å². The largest absolute Gasteiger partial charge is 0.479 e. The van der Waals surface area contributed by atoms with Crippen LogP contribution in [0.2, 0.25) is 0 Å². The zero-order valence-electron chi connectivity index (χ0n) is 50.6. The second-order valence-corrected chi connectivity index (χ2v) is 22.4. The Balaban J connectivity index is 2.62. The van der Waals surface area contributed by atoms with Crippen LogP contribution in [0.3, 0.4) is 0 Å². The summed E-state index contributed by atoms with van der Waals surface area (Å²) in [5.41, 5.74) is 0. The molecule has 458 valence electrons. The molecule has 1 aliphatic heterocycles. The van der Waals surface area contributed by atoms with E-state index in [0.717, 1.165) is 103 Å². The number of hydrogen-bond acceptors (Lipinski definition) is 11. The summed E-state index contributed by atoms with van der Waals surface area (Å²) in [6.45, 7) is 5.98. The van der Waals surface area contributed by atoms with E-state index in [2.05, 4.69) is 69.4 Å². The zero-order chi connectivity index (χ0) is 57.5. The third-order valence-electron chi connectivity index (χ3n) is 14.9. The van der Waals surface area contributed by atoms with E-state index < -0.39 is 67.3 Å². The number of aliphatic carboxylic acids is 1. The third-order valence-corrected chi connectivity index (χ3v) is 14.9. The predicted octanol–water partition coefficient (Wildman–Crippen LogP) is 17.3. The second kappa shape index (κ2) is 55.2. The molecule has 0 saturated carbocycles. The lowest BCUT2D eigenvalue weighted by atomic mass is 9.98. The molecule has 0 aromatic carbocycles. The fourth-order valence-corrected chi connectivity index (χ4v) is 9.84. The highest BCUT2D eigenvalue weighted by atomic mass is 16.7. The van der Waals surface area contributed by atoms with Crippen molar-refractivity contribution >= 4 is 23.9 Å². The molecule has 1 saturated heterocycles. The van der Waals surface area contributed by atoms with E-state index >= 15 is 0 Å². The number of carbonyl (C=O) groups is 4. The van der Waals surface area contributed by atoms with Crippen LogP contribution in [0.5, 0.6) is 0 Å². The van der Waals surface area contributed by atoms with Crippen LogP contribution in [0.25, 0.3) is 0 Å². The van der Waals surface area contributed by atoms with Gasteiger partial charge in [0.25, 0.3) is 0 Å². The van der Waals surface area contributed by atoms with E-state index in [1.807, 2.05) is 0 Å². The highest BCUT2D eigenvalue weighted by molar-refractivity contribution is 5.74. The van der Waals surface area contributed by atoms with E-state index in [0.29, 0.717) is 19.3 Å². The zero-order valence-corrected chi connectivity index (χ0v) is 50.6. The van der Waals surface area contributed by atoms with Gasteiger partial charge in [0.1, 0.15) is 18.8 Å². The fourth-order valence-electron chi connectivity index (χ4n) is 9.84. The van der Waals surface area contributed by atoms with Crippen LogP contribution in [0.15, 0.2) is 48.6 Å². The molecule has 0 amide bonds.